The van der Waals surface area contributed by atoms with Crippen LogP contribution in [0.25, 0.3) is 11.0 Å². The predicted molar refractivity (Wildman–Crippen MR) is 85.7 cm³/mol. The number of amides is 1. The van der Waals surface area contributed by atoms with Gasteiger partial charge in [-0.05, 0) is 19.1 Å². The fourth-order valence-electron chi connectivity index (χ4n) is 2.29. The van der Waals surface area contributed by atoms with E-state index < -0.39 is 0 Å². The van der Waals surface area contributed by atoms with Crippen LogP contribution in [0.1, 0.15) is 21.8 Å². The number of fused-ring (bicyclic) bond motifs is 1. The number of furan rings is 1. The van der Waals surface area contributed by atoms with E-state index in [0.717, 1.165) is 16.6 Å². The summed E-state index contributed by atoms with van der Waals surface area (Å²) in [4.78, 5) is 16.5. The van der Waals surface area contributed by atoms with Gasteiger partial charge in [0.25, 0.3) is 5.91 Å². The summed E-state index contributed by atoms with van der Waals surface area (Å²) in [7, 11) is 1.60. The molecule has 0 aliphatic carbocycles. The molecule has 0 spiro atoms. The van der Waals surface area contributed by atoms with Gasteiger partial charge in [-0.15, -0.1) is 11.3 Å². The van der Waals surface area contributed by atoms with Crippen LogP contribution in [0.5, 0.6) is 5.75 Å². The molecule has 114 valence electrons. The average Bonchev–Trinajstić information content (AvgIpc) is 3.15. The van der Waals surface area contributed by atoms with Gasteiger partial charge >= 0.3 is 0 Å². The van der Waals surface area contributed by atoms with Crippen molar-refractivity contribution in [3.05, 3.63) is 46.1 Å². The van der Waals surface area contributed by atoms with Gasteiger partial charge in [-0.2, -0.15) is 0 Å². The smallest absolute Gasteiger partial charge is 0.287 e. The van der Waals surface area contributed by atoms with Crippen LogP contribution in [0.15, 0.2) is 33.5 Å². The SMILES string of the molecule is COc1ccc2c(C)c(C(=O)NCCc3cscn3)oc2c1. The van der Waals surface area contributed by atoms with Gasteiger partial charge in [-0.25, -0.2) is 4.98 Å². The average molecular weight is 316 g/mol. The molecule has 3 rings (SSSR count). The first-order valence-corrected chi connectivity index (χ1v) is 7.85. The molecule has 0 atom stereocenters. The van der Waals surface area contributed by atoms with E-state index in [-0.39, 0.29) is 5.91 Å². The van der Waals surface area contributed by atoms with Crippen LogP contribution in [0.2, 0.25) is 0 Å². The third kappa shape index (κ3) is 2.82. The topological polar surface area (TPSA) is 64.4 Å². The molecule has 1 aromatic carbocycles. The molecule has 0 saturated heterocycles. The van der Waals surface area contributed by atoms with Crippen molar-refractivity contribution in [3.63, 3.8) is 0 Å². The number of ether oxygens (including phenoxy) is 1. The summed E-state index contributed by atoms with van der Waals surface area (Å²) in [6, 6.07) is 5.54. The highest BCUT2D eigenvalue weighted by molar-refractivity contribution is 7.07. The quantitative estimate of drug-likeness (QED) is 0.785. The lowest BCUT2D eigenvalue weighted by molar-refractivity contribution is 0.0927. The molecule has 0 saturated carbocycles. The summed E-state index contributed by atoms with van der Waals surface area (Å²) in [5.74, 6) is 0.848. The van der Waals surface area contributed by atoms with E-state index in [1.165, 1.54) is 0 Å². The standard InChI is InChI=1S/C16H16N2O3S/c1-10-13-4-3-12(20-2)7-14(13)21-15(10)16(19)17-6-5-11-8-22-9-18-11/h3-4,7-9H,5-6H2,1-2H3,(H,17,19). The number of aromatic nitrogens is 1. The molecule has 0 bridgehead atoms. The molecular weight excluding hydrogens is 300 g/mol. The van der Waals surface area contributed by atoms with Crippen molar-refractivity contribution in [2.45, 2.75) is 13.3 Å². The summed E-state index contributed by atoms with van der Waals surface area (Å²) in [6.07, 6.45) is 0.711. The fourth-order valence-corrected chi connectivity index (χ4v) is 2.89. The molecule has 0 aliphatic rings. The zero-order valence-electron chi connectivity index (χ0n) is 12.4. The molecule has 0 aliphatic heterocycles. The van der Waals surface area contributed by atoms with E-state index in [9.17, 15) is 4.79 Å². The summed E-state index contributed by atoms with van der Waals surface area (Å²) < 4.78 is 10.9. The van der Waals surface area contributed by atoms with Gasteiger partial charge in [0.15, 0.2) is 5.76 Å². The molecule has 1 N–H and O–H groups in total. The molecule has 5 nitrogen and oxygen atoms in total. The van der Waals surface area contributed by atoms with Gasteiger partial charge in [-0.1, -0.05) is 0 Å². The second kappa shape index (κ2) is 6.19. The monoisotopic (exact) mass is 316 g/mol. The Morgan fingerprint density at radius 2 is 2.32 bits per heavy atom. The number of nitrogens with one attached hydrogen (secondary N) is 1. The predicted octanol–water partition coefficient (Wildman–Crippen LogP) is 3.18. The number of carbonyl (C=O) groups excluding carboxylic acids is 1. The highest BCUT2D eigenvalue weighted by Crippen LogP contribution is 2.28. The molecule has 2 heterocycles. The molecule has 6 heteroatoms. The maximum absolute atomic E-state index is 12.3. The maximum Gasteiger partial charge on any atom is 0.287 e. The summed E-state index contributed by atoms with van der Waals surface area (Å²) in [6.45, 7) is 2.41. The summed E-state index contributed by atoms with van der Waals surface area (Å²) >= 11 is 1.55. The lowest BCUT2D eigenvalue weighted by atomic mass is 10.1. The van der Waals surface area contributed by atoms with E-state index in [1.807, 2.05) is 24.4 Å². The van der Waals surface area contributed by atoms with Crippen LogP contribution in [-0.2, 0) is 6.42 Å². The number of carbonyl (C=O) groups is 1. The maximum atomic E-state index is 12.3. The first kappa shape index (κ1) is 14.6. The van der Waals surface area contributed by atoms with E-state index in [0.29, 0.717) is 30.1 Å². The number of nitrogens with zero attached hydrogens (tertiary/aromatic N) is 1. The second-order valence-electron chi connectivity index (χ2n) is 4.90. The van der Waals surface area contributed by atoms with Crippen molar-refractivity contribution in [1.82, 2.24) is 10.3 Å². The lowest BCUT2D eigenvalue weighted by Crippen LogP contribution is -2.25. The molecular formula is C16H16N2O3S. The molecule has 3 aromatic rings. The van der Waals surface area contributed by atoms with Gasteiger partial charge in [0.1, 0.15) is 11.3 Å². The van der Waals surface area contributed by atoms with Gasteiger partial charge in [0.05, 0.1) is 18.3 Å². The van der Waals surface area contributed by atoms with Crippen molar-refractivity contribution in [2.24, 2.45) is 0 Å². The van der Waals surface area contributed by atoms with Gasteiger partial charge < -0.3 is 14.5 Å². The van der Waals surface area contributed by atoms with E-state index in [2.05, 4.69) is 10.3 Å². The van der Waals surface area contributed by atoms with E-state index in [1.54, 1.807) is 30.0 Å². The number of hydrogen-bond donors (Lipinski definition) is 1. The van der Waals surface area contributed by atoms with Crippen LogP contribution in [-0.4, -0.2) is 24.5 Å². The summed E-state index contributed by atoms with van der Waals surface area (Å²) in [5, 5.41) is 5.77. The summed E-state index contributed by atoms with van der Waals surface area (Å²) in [5.41, 5.74) is 4.26. The molecule has 1 amide bonds. The third-order valence-electron chi connectivity index (χ3n) is 3.50. The van der Waals surface area contributed by atoms with E-state index >= 15 is 0 Å². The Morgan fingerprint density at radius 1 is 1.45 bits per heavy atom. The Morgan fingerprint density at radius 3 is 3.05 bits per heavy atom. The Kier molecular flexibility index (Phi) is 4.11. The highest BCUT2D eigenvalue weighted by Gasteiger charge is 2.17. The number of methoxy groups -OCH3 is 1. The fraction of sp³-hybridized carbons (Fsp3) is 0.250. The normalized spacial score (nSPS) is 10.8. The van der Waals surface area contributed by atoms with Crippen LogP contribution in [0.4, 0.5) is 0 Å². The number of hydrogen-bond acceptors (Lipinski definition) is 5. The Hall–Kier alpha value is -2.34. The largest absolute Gasteiger partial charge is 0.497 e. The number of thiazole rings is 1. The Bertz CT molecular complexity index is 793. The van der Waals surface area contributed by atoms with Crippen molar-refractivity contribution in [2.75, 3.05) is 13.7 Å². The zero-order valence-corrected chi connectivity index (χ0v) is 13.2. The number of rotatable bonds is 5. The number of aryl methyl sites for hydroxylation is 1. The molecule has 0 unspecified atom stereocenters. The van der Waals surface area contributed by atoms with Crippen molar-refractivity contribution < 1.29 is 13.9 Å². The van der Waals surface area contributed by atoms with Crippen molar-refractivity contribution in [1.29, 1.82) is 0 Å². The van der Waals surface area contributed by atoms with Gasteiger partial charge in [0.2, 0.25) is 0 Å². The van der Waals surface area contributed by atoms with Crippen LogP contribution >= 0.6 is 11.3 Å². The zero-order chi connectivity index (χ0) is 15.5. The molecule has 2 aromatic heterocycles. The minimum absolute atomic E-state index is 0.206. The van der Waals surface area contributed by atoms with Gasteiger partial charge in [-0.3, -0.25) is 4.79 Å². The molecule has 0 fully saturated rings. The van der Waals surface area contributed by atoms with Crippen molar-refractivity contribution >= 4 is 28.2 Å². The second-order valence-corrected chi connectivity index (χ2v) is 5.62. The minimum atomic E-state index is -0.206. The van der Waals surface area contributed by atoms with Crippen LogP contribution < -0.4 is 10.1 Å². The first-order valence-electron chi connectivity index (χ1n) is 6.91. The number of benzene rings is 1. The van der Waals surface area contributed by atoms with Gasteiger partial charge in [0, 0.05) is 35.4 Å². The molecule has 0 radical (unpaired) electrons. The van der Waals surface area contributed by atoms with Crippen LogP contribution in [0, 0.1) is 6.92 Å². The lowest BCUT2D eigenvalue weighted by Gasteiger charge is -2.02. The minimum Gasteiger partial charge on any atom is -0.497 e. The Labute approximate surface area is 131 Å². The molecule has 22 heavy (non-hydrogen) atoms. The highest BCUT2D eigenvalue weighted by atomic mass is 32.1. The third-order valence-corrected chi connectivity index (χ3v) is 4.14. The van der Waals surface area contributed by atoms with Crippen LogP contribution in [0.3, 0.4) is 0 Å². The van der Waals surface area contributed by atoms with E-state index in [4.69, 9.17) is 9.15 Å². The first-order chi connectivity index (χ1) is 10.7. The Balaban J connectivity index is 1.74. The van der Waals surface area contributed by atoms with Crippen molar-refractivity contribution in [3.8, 4) is 5.75 Å².